The van der Waals surface area contributed by atoms with Crippen molar-refractivity contribution in [3.05, 3.63) is 65.0 Å². The highest BCUT2D eigenvalue weighted by Crippen LogP contribution is 2.20. The summed E-state index contributed by atoms with van der Waals surface area (Å²) in [6, 6.07) is 11.4. The monoisotopic (exact) mass is 357 g/mol. The summed E-state index contributed by atoms with van der Waals surface area (Å²) in [5.41, 5.74) is 3.82. The number of nitrogens with zero attached hydrogens (tertiary/aromatic N) is 1. The van der Waals surface area contributed by atoms with Gasteiger partial charge in [0.05, 0.1) is 37.7 Å². The van der Waals surface area contributed by atoms with Gasteiger partial charge in [0.2, 0.25) is 0 Å². The third-order valence-corrected chi connectivity index (χ3v) is 3.94. The van der Waals surface area contributed by atoms with E-state index in [1.54, 1.807) is 6.20 Å². The topological polar surface area (TPSA) is 57.7 Å². The summed E-state index contributed by atoms with van der Waals surface area (Å²) < 4.78 is 16.1. The fourth-order valence-corrected chi connectivity index (χ4v) is 2.61. The van der Waals surface area contributed by atoms with Gasteiger partial charge in [0.15, 0.2) is 0 Å². The molecule has 1 heterocycles. The highest BCUT2D eigenvalue weighted by molar-refractivity contribution is 5.89. The Bertz CT molecular complexity index is 686. The Hall–Kier alpha value is -2.24. The van der Waals surface area contributed by atoms with Gasteiger partial charge >= 0.3 is 5.97 Å². The van der Waals surface area contributed by atoms with Crippen molar-refractivity contribution in [3.63, 3.8) is 0 Å². The molecule has 5 heteroatoms. The normalized spacial score (nSPS) is 10.9. The van der Waals surface area contributed by atoms with Crippen LogP contribution < -0.4 is 0 Å². The standard InChI is InChI=1S/C21H27NO4/c1-16(2)20-8-7-18(14-17(20)3)21(23)26-13-12-24-10-11-25-15-19-6-4-5-9-22-19/h4-9,14,16H,10-13,15H2,1-3H3. The summed E-state index contributed by atoms with van der Waals surface area (Å²) in [5, 5.41) is 0. The predicted octanol–water partition coefficient (Wildman–Crippen LogP) is 3.90. The molecule has 2 aromatic rings. The molecular weight excluding hydrogens is 330 g/mol. The van der Waals surface area contributed by atoms with Crippen molar-refractivity contribution >= 4 is 5.97 Å². The van der Waals surface area contributed by atoms with Gasteiger partial charge in [-0.15, -0.1) is 0 Å². The smallest absolute Gasteiger partial charge is 0.338 e. The molecule has 1 aromatic heterocycles. The molecule has 0 saturated carbocycles. The molecule has 0 N–H and O–H groups in total. The molecule has 0 saturated heterocycles. The SMILES string of the molecule is Cc1cc(C(=O)OCCOCCOCc2ccccn2)ccc1C(C)C. The van der Waals surface area contributed by atoms with E-state index in [0.29, 0.717) is 37.9 Å². The van der Waals surface area contributed by atoms with E-state index in [9.17, 15) is 4.79 Å². The van der Waals surface area contributed by atoms with Crippen LogP contribution in [0.15, 0.2) is 42.6 Å². The summed E-state index contributed by atoms with van der Waals surface area (Å²) >= 11 is 0. The lowest BCUT2D eigenvalue weighted by atomic mass is 9.96. The lowest BCUT2D eigenvalue weighted by Gasteiger charge is -2.11. The quantitative estimate of drug-likeness (QED) is 0.477. The molecule has 5 nitrogen and oxygen atoms in total. The maximum absolute atomic E-state index is 12.1. The summed E-state index contributed by atoms with van der Waals surface area (Å²) in [6.07, 6.45) is 1.74. The number of ether oxygens (including phenoxy) is 3. The van der Waals surface area contributed by atoms with Crippen molar-refractivity contribution in [1.82, 2.24) is 4.98 Å². The molecule has 0 spiro atoms. The van der Waals surface area contributed by atoms with Crippen LogP contribution >= 0.6 is 0 Å². The molecule has 1 aromatic carbocycles. The number of rotatable bonds is 10. The largest absolute Gasteiger partial charge is 0.460 e. The summed E-state index contributed by atoms with van der Waals surface area (Å²) in [6.45, 7) is 8.25. The van der Waals surface area contributed by atoms with Crippen LogP contribution in [0.3, 0.4) is 0 Å². The van der Waals surface area contributed by atoms with Gasteiger partial charge in [-0.25, -0.2) is 4.79 Å². The van der Waals surface area contributed by atoms with E-state index >= 15 is 0 Å². The van der Waals surface area contributed by atoms with E-state index in [-0.39, 0.29) is 12.6 Å². The van der Waals surface area contributed by atoms with Crippen LogP contribution in [0, 0.1) is 6.92 Å². The Kier molecular flexibility index (Phi) is 8.25. The van der Waals surface area contributed by atoms with Crippen molar-refractivity contribution in [1.29, 1.82) is 0 Å². The minimum Gasteiger partial charge on any atom is -0.460 e. The second-order valence-electron chi connectivity index (χ2n) is 6.35. The van der Waals surface area contributed by atoms with Gasteiger partial charge in [0.1, 0.15) is 6.61 Å². The van der Waals surface area contributed by atoms with Crippen molar-refractivity contribution in [2.24, 2.45) is 0 Å². The Morgan fingerprint density at radius 3 is 2.50 bits per heavy atom. The van der Waals surface area contributed by atoms with Gasteiger partial charge in [-0.05, 0) is 48.2 Å². The second-order valence-corrected chi connectivity index (χ2v) is 6.35. The average Bonchev–Trinajstić information content (AvgIpc) is 2.64. The van der Waals surface area contributed by atoms with Gasteiger partial charge in [0.25, 0.3) is 0 Å². The van der Waals surface area contributed by atoms with Crippen LogP contribution in [-0.2, 0) is 20.8 Å². The zero-order valence-electron chi connectivity index (χ0n) is 15.7. The van der Waals surface area contributed by atoms with Crippen molar-refractivity contribution in [3.8, 4) is 0 Å². The van der Waals surface area contributed by atoms with Crippen molar-refractivity contribution in [2.75, 3.05) is 26.4 Å². The number of hydrogen-bond donors (Lipinski definition) is 0. The second kappa shape index (κ2) is 10.7. The molecule has 0 unspecified atom stereocenters. The van der Waals surface area contributed by atoms with Gasteiger partial charge in [-0.2, -0.15) is 0 Å². The van der Waals surface area contributed by atoms with E-state index in [4.69, 9.17) is 14.2 Å². The van der Waals surface area contributed by atoms with Gasteiger partial charge in [-0.1, -0.05) is 26.0 Å². The first-order valence-electron chi connectivity index (χ1n) is 8.91. The molecular formula is C21H27NO4. The number of pyridine rings is 1. The van der Waals surface area contributed by atoms with Crippen LogP contribution in [-0.4, -0.2) is 37.4 Å². The number of hydrogen-bond acceptors (Lipinski definition) is 5. The average molecular weight is 357 g/mol. The first-order valence-corrected chi connectivity index (χ1v) is 8.91. The number of aromatic nitrogens is 1. The zero-order valence-corrected chi connectivity index (χ0v) is 15.7. The maximum Gasteiger partial charge on any atom is 0.338 e. The highest BCUT2D eigenvalue weighted by atomic mass is 16.6. The molecule has 0 aliphatic rings. The lowest BCUT2D eigenvalue weighted by molar-refractivity contribution is 0.0112. The molecule has 0 aliphatic heterocycles. The van der Waals surface area contributed by atoms with Crippen molar-refractivity contribution in [2.45, 2.75) is 33.3 Å². The number of esters is 1. The molecule has 0 radical (unpaired) electrons. The van der Waals surface area contributed by atoms with E-state index in [1.165, 1.54) is 5.56 Å². The Balaban J connectivity index is 1.58. The maximum atomic E-state index is 12.1. The summed E-state index contributed by atoms with van der Waals surface area (Å²) in [7, 11) is 0. The van der Waals surface area contributed by atoms with E-state index < -0.39 is 0 Å². The van der Waals surface area contributed by atoms with Crippen LogP contribution in [0.25, 0.3) is 0 Å². The van der Waals surface area contributed by atoms with Crippen LogP contribution in [0.4, 0.5) is 0 Å². The van der Waals surface area contributed by atoms with E-state index in [0.717, 1.165) is 11.3 Å². The molecule has 0 amide bonds. The third kappa shape index (κ3) is 6.58. The summed E-state index contributed by atoms with van der Waals surface area (Å²) in [5.74, 6) is 0.117. The lowest BCUT2D eigenvalue weighted by Crippen LogP contribution is -2.13. The number of aryl methyl sites for hydroxylation is 1. The van der Waals surface area contributed by atoms with Crippen LogP contribution in [0.1, 0.15) is 46.9 Å². The number of benzene rings is 1. The summed E-state index contributed by atoms with van der Waals surface area (Å²) in [4.78, 5) is 16.2. The number of carbonyl (C=O) groups is 1. The Labute approximate surface area is 155 Å². The van der Waals surface area contributed by atoms with Gasteiger partial charge in [0, 0.05) is 6.20 Å². The fourth-order valence-electron chi connectivity index (χ4n) is 2.61. The van der Waals surface area contributed by atoms with Gasteiger partial charge in [-0.3, -0.25) is 4.98 Å². The first-order chi connectivity index (χ1) is 12.6. The van der Waals surface area contributed by atoms with Crippen LogP contribution in [0.5, 0.6) is 0 Å². The van der Waals surface area contributed by atoms with E-state index in [2.05, 4.69) is 18.8 Å². The molecule has 26 heavy (non-hydrogen) atoms. The molecule has 0 fully saturated rings. The van der Waals surface area contributed by atoms with E-state index in [1.807, 2.05) is 43.3 Å². The molecule has 0 bridgehead atoms. The van der Waals surface area contributed by atoms with Gasteiger partial charge < -0.3 is 14.2 Å². The molecule has 140 valence electrons. The Morgan fingerprint density at radius 1 is 1.04 bits per heavy atom. The molecule has 0 atom stereocenters. The highest BCUT2D eigenvalue weighted by Gasteiger charge is 2.10. The third-order valence-electron chi connectivity index (χ3n) is 3.94. The fraction of sp³-hybridized carbons (Fsp3) is 0.429. The molecule has 0 aliphatic carbocycles. The zero-order chi connectivity index (χ0) is 18.8. The predicted molar refractivity (Wildman–Crippen MR) is 100 cm³/mol. The minimum atomic E-state index is -0.321. The van der Waals surface area contributed by atoms with Crippen LogP contribution in [0.2, 0.25) is 0 Å². The first kappa shape index (κ1) is 20.1. The minimum absolute atomic E-state index is 0.226. The Morgan fingerprint density at radius 2 is 1.81 bits per heavy atom. The number of carbonyl (C=O) groups excluding carboxylic acids is 1. The van der Waals surface area contributed by atoms with Crippen molar-refractivity contribution < 1.29 is 19.0 Å². The molecule has 2 rings (SSSR count).